The van der Waals surface area contributed by atoms with Crippen molar-refractivity contribution in [3.8, 4) is 11.1 Å². The molecule has 0 unspecified atom stereocenters. The van der Waals surface area contributed by atoms with E-state index < -0.39 is 11.9 Å². The lowest BCUT2D eigenvalue weighted by Gasteiger charge is -2.07. The van der Waals surface area contributed by atoms with Crippen molar-refractivity contribution in [1.82, 2.24) is 9.97 Å². The van der Waals surface area contributed by atoms with Crippen molar-refractivity contribution in [3.05, 3.63) is 48.5 Å². The van der Waals surface area contributed by atoms with Gasteiger partial charge in [0.15, 0.2) is 0 Å². The molecule has 0 aromatic carbocycles. The van der Waals surface area contributed by atoms with Gasteiger partial charge in [-0.15, -0.1) is 0 Å². The number of hydrogen-bond donors (Lipinski definition) is 0. The zero-order valence-electron chi connectivity index (χ0n) is 8.07. The van der Waals surface area contributed by atoms with Crippen LogP contribution in [0.1, 0.15) is 5.69 Å². The molecule has 0 aliphatic heterocycles. The third-order valence-corrected chi connectivity index (χ3v) is 2.06. The van der Waals surface area contributed by atoms with Crippen LogP contribution < -0.4 is 0 Å². The fourth-order valence-electron chi connectivity index (χ4n) is 1.31. The van der Waals surface area contributed by atoms with Crippen LogP contribution in [-0.4, -0.2) is 9.97 Å². The van der Waals surface area contributed by atoms with E-state index in [1.54, 1.807) is 12.1 Å². The Morgan fingerprint density at radius 3 is 2.12 bits per heavy atom. The third-order valence-electron chi connectivity index (χ3n) is 2.06. The standard InChI is InChI=1S/C11H7F3N2/c12-11(13,14)10-7-9(3-6-16-10)8-1-4-15-5-2-8/h1-7H. The average molecular weight is 224 g/mol. The van der Waals surface area contributed by atoms with Gasteiger partial charge in [0.1, 0.15) is 5.69 Å². The summed E-state index contributed by atoms with van der Waals surface area (Å²) in [7, 11) is 0. The van der Waals surface area contributed by atoms with Gasteiger partial charge < -0.3 is 0 Å². The van der Waals surface area contributed by atoms with Crippen molar-refractivity contribution in [2.24, 2.45) is 0 Å². The summed E-state index contributed by atoms with van der Waals surface area (Å²) < 4.78 is 37.2. The predicted molar refractivity (Wildman–Crippen MR) is 52.5 cm³/mol. The highest BCUT2D eigenvalue weighted by atomic mass is 19.4. The molecule has 0 aliphatic rings. The van der Waals surface area contributed by atoms with Crippen LogP contribution in [0, 0.1) is 0 Å². The van der Waals surface area contributed by atoms with Crippen LogP contribution in [0.25, 0.3) is 11.1 Å². The number of pyridine rings is 2. The molecule has 0 bridgehead atoms. The molecule has 0 saturated heterocycles. The van der Waals surface area contributed by atoms with Gasteiger partial charge in [-0.25, -0.2) is 0 Å². The number of alkyl halides is 3. The molecule has 2 rings (SSSR count). The second-order valence-electron chi connectivity index (χ2n) is 3.16. The van der Waals surface area contributed by atoms with Crippen LogP contribution in [0.2, 0.25) is 0 Å². The fourth-order valence-corrected chi connectivity index (χ4v) is 1.31. The number of hydrogen-bond acceptors (Lipinski definition) is 2. The Morgan fingerprint density at radius 1 is 0.875 bits per heavy atom. The molecule has 2 aromatic rings. The van der Waals surface area contributed by atoms with Gasteiger partial charge in [-0.3, -0.25) is 9.97 Å². The fraction of sp³-hybridized carbons (Fsp3) is 0.0909. The maximum atomic E-state index is 12.4. The number of aromatic nitrogens is 2. The highest BCUT2D eigenvalue weighted by Crippen LogP contribution is 2.30. The quantitative estimate of drug-likeness (QED) is 0.743. The minimum atomic E-state index is -4.41. The van der Waals surface area contributed by atoms with Gasteiger partial charge >= 0.3 is 6.18 Å². The van der Waals surface area contributed by atoms with Crippen molar-refractivity contribution in [3.63, 3.8) is 0 Å². The minimum absolute atomic E-state index is 0.477. The second kappa shape index (κ2) is 3.92. The first-order valence-corrected chi connectivity index (χ1v) is 4.51. The Bertz CT molecular complexity index is 480. The Hall–Kier alpha value is -1.91. The smallest absolute Gasteiger partial charge is 0.265 e. The van der Waals surface area contributed by atoms with Crippen LogP contribution >= 0.6 is 0 Å². The first-order chi connectivity index (χ1) is 7.57. The molecule has 0 fully saturated rings. The molecule has 0 N–H and O–H groups in total. The lowest BCUT2D eigenvalue weighted by molar-refractivity contribution is -0.141. The van der Waals surface area contributed by atoms with Crippen molar-refractivity contribution in [2.75, 3.05) is 0 Å². The highest BCUT2D eigenvalue weighted by molar-refractivity contribution is 5.62. The van der Waals surface area contributed by atoms with Crippen LogP contribution in [0.3, 0.4) is 0 Å². The normalized spacial score (nSPS) is 11.4. The molecule has 2 aromatic heterocycles. The van der Waals surface area contributed by atoms with E-state index in [-0.39, 0.29) is 0 Å². The van der Waals surface area contributed by atoms with Gasteiger partial charge in [-0.05, 0) is 35.4 Å². The Labute approximate surface area is 89.8 Å². The molecule has 2 heterocycles. The van der Waals surface area contributed by atoms with Crippen LogP contribution in [0.5, 0.6) is 0 Å². The van der Waals surface area contributed by atoms with Gasteiger partial charge in [0.2, 0.25) is 0 Å². The number of halogens is 3. The van der Waals surface area contributed by atoms with E-state index in [1.165, 1.54) is 18.5 Å². The van der Waals surface area contributed by atoms with Gasteiger partial charge in [0, 0.05) is 18.6 Å². The molecule has 0 saturated carbocycles. The molecular weight excluding hydrogens is 217 g/mol. The first kappa shape index (κ1) is 10.6. The Balaban J connectivity index is 2.45. The van der Waals surface area contributed by atoms with E-state index in [0.717, 1.165) is 12.3 Å². The largest absolute Gasteiger partial charge is 0.433 e. The summed E-state index contributed by atoms with van der Waals surface area (Å²) in [5.74, 6) is 0. The minimum Gasteiger partial charge on any atom is -0.265 e. The maximum Gasteiger partial charge on any atom is 0.433 e. The average Bonchev–Trinajstić information content (AvgIpc) is 2.29. The van der Waals surface area contributed by atoms with Gasteiger partial charge in [-0.2, -0.15) is 13.2 Å². The van der Waals surface area contributed by atoms with E-state index >= 15 is 0 Å². The summed E-state index contributed by atoms with van der Waals surface area (Å²) in [6, 6.07) is 5.85. The molecule has 0 spiro atoms. The van der Waals surface area contributed by atoms with Crippen molar-refractivity contribution < 1.29 is 13.2 Å². The van der Waals surface area contributed by atoms with E-state index in [2.05, 4.69) is 9.97 Å². The van der Waals surface area contributed by atoms with Crippen molar-refractivity contribution >= 4 is 0 Å². The van der Waals surface area contributed by atoms with Crippen molar-refractivity contribution in [2.45, 2.75) is 6.18 Å². The molecular formula is C11H7F3N2. The molecule has 5 heteroatoms. The van der Waals surface area contributed by atoms with Crippen LogP contribution in [0.15, 0.2) is 42.9 Å². The molecule has 0 aliphatic carbocycles. The van der Waals surface area contributed by atoms with Crippen LogP contribution in [0.4, 0.5) is 13.2 Å². The first-order valence-electron chi connectivity index (χ1n) is 4.51. The van der Waals surface area contributed by atoms with Gasteiger partial charge in [-0.1, -0.05) is 0 Å². The Morgan fingerprint density at radius 2 is 1.50 bits per heavy atom. The third kappa shape index (κ3) is 2.18. The molecule has 0 radical (unpaired) electrons. The summed E-state index contributed by atoms with van der Waals surface area (Å²) in [5, 5.41) is 0. The summed E-state index contributed by atoms with van der Waals surface area (Å²) >= 11 is 0. The van der Waals surface area contributed by atoms with E-state index in [9.17, 15) is 13.2 Å². The summed E-state index contributed by atoms with van der Waals surface area (Å²) in [4.78, 5) is 7.10. The molecule has 0 amide bonds. The predicted octanol–water partition coefficient (Wildman–Crippen LogP) is 3.16. The molecule has 16 heavy (non-hydrogen) atoms. The van der Waals surface area contributed by atoms with E-state index in [1.807, 2.05) is 0 Å². The van der Waals surface area contributed by atoms with Gasteiger partial charge in [0.25, 0.3) is 0 Å². The maximum absolute atomic E-state index is 12.4. The monoisotopic (exact) mass is 224 g/mol. The number of nitrogens with zero attached hydrogens (tertiary/aromatic N) is 2. The summed E-state index contributed by atoms with van der Waals surface area (Å²) in [6.07, 6.45) is -0.201. The summed E-state index contributed by atoms with van der Waals surface area (Å²) in [6.45, 7) is 0. The van der Waals surface area contributed by atoms with Crippen LogP contribution in [-0.2, 0) is 6.18 Å². The second-order valence-corrected chi connectivity index (χ2v) is 3.16. The molecule has 2 nitrogen and oxygen atoms in total. The highest BCUT2D eigenvalue weighted by Gasteiger charge is 2.32. The van der Waals surface area contributed by atoms with Gasteiger partial charge in [0.05, 0.1) is 0 Å². The zero-order valence-corrected chi connectivity index (χ0v) is 8.07. The van der Waals surface area contributed by atoms with E-state index in [4.69, 9.17) is 0 Å². The topological polar surface area (TPSA) is 25.8 Å². The number of rotatable bonds is 1. The Kier molecular flexibility index (Phi) is 2.60. The lowest BCUT2D eigenvalue weighted by atomic mass is 10.1. The molecule has 0 atom stereocenters. The summed E-state index contributed by atoms with van der Waals surface area (Å²) in [5.41, 5.74) is 0.273. The SMILES string of the molecule is FC(F)(F)c1cc(-c2ccncc2)ccn1. The lowest BCUT2D eigenvalue weighted by Crippen LogP contribution is -2.07. The van der Waals surface area contributed by atoms with Crippen molar-refractivity contribution in [1.29, 1.82) is 0 Å². The van der Waals surface area contributed by atoms with E-state index in [0.29, 0.717) is 11.1 Å². The zero-order chi connectivity index (χ0) is 11.6. The molecule has 82 valence electrons.